The first-order valence-corrected chi connectivity index (χ1v) is 12.0. The Morgan fingerprint density at radius 3 is 2.47 bits per heavy atom. The third-order valence-corrected chi connectivity index (χ3v) is 7.35. The third-order valence-electron chi connectivity index (χ3n) is 6.16. The van der Waals surface area contributed by atoms with E-state index in [1.54, 1.807) is 0 Å². The molecule has 1 aliphatic heterocycles. The first-order chi connectivity index (χ1) is 15.4. The summed E-state index contributed by atoms with van der Waals surface area (Å²) < 4.78 is 0. The van der Waals surface area contributed by atoms with Crippen LogP contribution in [0.1, 0.15) is 38.1 Å². The van der Waals surface area contributed by atoms with Crippen LogP contribution in [0.5, 0.6) is 0 Å². The summed E-state index contributed by atoms with van der Waals surface area (Å²) in [6.45, 7) is 11.1. The predicted molar refractivity (Wildman–Crippen MR) is 132 cm³/mol. The molecule has 32 heavy (non-hydrogen) atoms. The van der Waals surface area contributed by atoms with E-state index in [0.717, 1.165) is 54.6 Å². The van der Waals surface area contributed by atoms with Crippen molar-refractivity contribution in [1.29, 1.82) is 0 Å². The zero-order valence-electron chi connectivity index (χ0n) is 19.4. The SMILES string of the molecule is Cc1ccc(-c2nc(C)c(C(=O)NC(CN3CCN(C)CC3)c3ccccc3)s2)c(C)c1. The highest BCUT2D eigenvalue weighted by molar-refractivity contribution is 7.17. The Labute approximate surface area is 195 Å². The number of hydrogen-bond donors (Lipinski definition) is 1. The smallest absolute Gasteiger partial charge is 0.263 e. The fourth-order valence-corrected chi connectivity index (χ4v) is 5.27. The van der Waals surface area contributed by atoms with Crippen molar-refractivity contribution in [1.82, 2.24) is 20.1 Å². The van der Waals surface area contributed by atoms with Crippen molar-refractivity contribution in [3.63, 3.8) is 0 Å². The van der Waals surface area contributed by atoms with Gasteiger partial charge in [0.2, 0.25) is 0 Å². The molecule has 0 spiro atoms. The monoisotopic (exact) mass is 448 g/mol. The largest absolute Gasteiger partial charge is 0.343 e. The van der Waals surface area contributed by atoms with Crippen LogP contribution in [-0.4, -0.2) is 60.5 Å². The van der Waals surface area contributed by atoms with E-state index in [-0.39, 0.29) is 11.9 Å². The summed E-state index contributed by atoms with van der Waals surface area (Å²) in [4.78, 5) is 23.6. The van der Waals surface area contributed by atoms with Crippen molar-refractivity contribution in [3.05, 3.63) is 75.8 Å². The summed E-state index contributed by atoms with van der Waals surface area (Å²) in [5.41, 5.74) is 5.43. The number of nitrogens with one attached hydrogen (secondary N) is 1. The van der Waals surface area contributed by atoms with Crippen LogP contribution < -0.4 is 5.32 Å². The van der Waals surface area contributed by atoms with E-state index in [2.05, 4.69) is 66.3 Å². The summed E-state index contributed by atoms with van der Waals surface area (Å²) in [5.74, 6) is -0.0426. The number of likely N-dealkylation sites (N-methyl/N-ethyl adjacent to an activating group) is 1. The lowest BCUT2D eigenvalue weighted by atomic mass is 10.1. The molecule has 4 rings (SSSR count). The molecule has 2 aromatic carbocycles. The maximum atomic E-state index is 13.4. The molecule has 1 unspecified atom stereocenters. The van der Waals surface area contributed by atoms with Gasteiger partial charge in [0.25, 0.3) is 5.91 Å². The van der Waals surface area contributed by atoms with Crippen LogP contribution in [0.15, 0.2) is 48.5 Å². The Hall–Kier alpha value is -2.54. The van der Waals surface area contributed by atoms with Crippen molar-refractivity contribution < 1.29 is 4.79 Å². The number of aryl methyl sites for hydroxylation is 3. The molecular weight excluding hydrogens is 416 g/mol. The minimum Gasteiger partial charge on any atom is -0.343 e. The van der Waals surface area contributed by atoms with Gasteiger partial charge in [-0.25, -0.2) is 4.98 Å². The quantitative estimate of drug-likeness (QED) is 0.605. The molecule has 1 saturated heterocycles. The fourth-order valence-electron chi connectivity index (χ4n) is 4.21. The van der Waals surface area contributed by atoms with E-state index >= 15 is 0 Å². The second kappa shape index (κ2) is 9.94. The molecule has 1 aliphatic rings. The Morgan fingerprint density at radius 1 is 1.06 bits per heavy atom. The summed E-state index contributed by atoms with van der Waals surface area (Å²) in [7, 11) is 2.16. The molecule has 5 nitrogen and oxygen atoms in total. The van der Waals surface area contributed by atoms with Crippen LogP contribution in [0.25, 0.3) is 10.6 Å². The first-order valence-electron chi connectivity index (χ1n) is 11.2. The highest BCUT2D eigenvalue weighted by atomic mass is 32.1. The lowest BCUT2D eigenvalue weighted by molar-refractivity contribution is 0.0910. The number of amides is 1. The van der Waals surface area contributed by atoms with Crippen molar-refractivity contribution in [2.45, 2.75) is 26.8 Å². The van der Waals surface area contributed by atoms with E-state index in [4.69, 9.17) is 4.98 Å². The van der Waals surface area contributed by atoms with Crippen LogP contribution in [0.3, 0.4) is 0 Å². The number of hydrogen-bond acceptors (Lipinski definition) is 5. The molecule has 168 valence electrons. The lowest BCUT2D eigenvalue weighted by Gasteiger charge is -2.35. The second-order valence-corrected chi connectivity index (χ2v) is 9.79. The summed E-state index contributed by atoms with van der Waals surface area (Å²) in [5, 5.41) is 4.22. The van der Waals surface area contributed by atoms with E-state index in [0.29, 0.717) is 4.88 Å². The van der Waals surface area contributed by atoms with Crippen LogP contribution >= 0.6 is 11.3 Å². The van der Waals surface area contributed by atoms with Crippen LogP contribution in [0.4, 0.5) is 0 Å². The molecule has 0 aliphatic carbocycles. The summed E-state index contributed by atoms with van der Waals surface area (Å²) in [6, 6.07) is 16.6. The number of carbonyl (C=O) groups excluding carboxylic acids is 1. The number of aromatic nitrogens is 1. The van der Waals surface area contributed by atoms with E-state index in [9.17, 15) is 4.79 Å². The number of piperazine rings is 1. The van der Waals surface area contributed by atoms with Crippen molar-refractivity contribution in [2.75, 3.05) is 39.8 Å². The minimum absolute atomic E-state index is 0.0426. The molecule has 0 radical (unpaired) electrons. The minimum atomic E-state index is -0.0573. The normalized spacial score (nSPS) is 16.1. The Balaban J connectivity index is 1.55. The topological polar surface area (TPSA) is 48.5 Å². The third kappa shape index (κ3) is 5.26. The van der Waals surface area contributed by atoms with E-state index < -0.39 is 0 Å². The number of nitrogens with zero attached hydrogens (tertiary/aromatic N) is 3. The van der Waals surface area contributed by atoms with Gasteiger partial charge < -0.3 is 10.2 Å². The van der Waals surface area contributed by atoms with Crippen molar-refractivity contribution >= 4 is 17.2 Å². The van der Waals surface area contributed by atoms with Gasteiger partial charge in [-0.05, 0) is 38.9 Å². The summed E-state index contributed by atoms with van der Waals surface area (Å²) >= 11 is 1.48. The van der Waals surface area contributed by atoms with Crippen LogP contribution in [-0.2, 0) is 0 Å². The van der Waals surface area contributed by atoms with E-state index in [1.807, 2.05) is 25.1 Å². The van der Waals surface area contributed by atoms with Crippen molar-refractivity contribution in [3.8, 4) is 10.6 Å². The van der Waals surface area contributed by atoms with Crippen molar-refractivity contribution in [2.24, 2.45) is 0 Å². The van der Waals surface area contributed by atoms with E-state index in [1.165, 1.54) is 22.5 Å². The zero-order valence-corrected chi connectivity index (χ0v) is 20.2. The van der Waals surface area contributed by atoms with Gasteiger partial charge in [-0.1, -0.05) is 54.1 Å². The Kier molecular flexibility index (Phi) is 7.04. The van der Waals surface area contributed by atoms with Gasteiger partial charge in [-0.2, -0.15) is 0 Å². The lowest BCUT2D eigenvalue weighted by Crippen LogP contribution is -2.47. The molecule has 1 amide bonds. The highest BCUT2D eigenvalue weighted by Gasteiger charge is 2.24. The molecule has 0 saturated carbocycles. The average molecular weight is 449 g/mol. The maximum absolute atomic E-state index is 13.4. The number of thiazole rings is 1. The molecule has 1 fully saturated rings. The summed E-state index contributed by atoms with van der Waals surface area (Å²) in [6.07, 6.45) is 0. The first kappa shape index (κ1) is 22.6. The zero-order chi connectivity index (χ0) is 22.7. The fraction of sp³-hybridized carbons (Fsp3) is 0.385. The molecule has 1 N–H and O–H groups in total. The molecule has 0 bridgehead atoms. The number of rotatable bonds is 6. The Bertz CT molecular complexity index is 1070. The van der Waals surface area contributed by atoms with Gasteiger partial charge in [-0.15, -0.1) is 11.3 Å². The van der Waals surface area contributed by atoms with Gasteiger partial charge in [0.1, 0.15) is 9.88 Å². The average Bonchev–Trinajstić information content (AvgIpc) is 3.16. The molecular formula is C26H32N4OS. The van der Waals surface area contributed by atoms with Gasteiger partial charge in [0.15, 0.2) is 0 Å². The number of carbonyl (C=O) groups is 1. The van der Waals surface area contributed by atoms with Crippen LogP contribution in [0.2, 0.25) is 0 Å². The maximum Gasteiger partial charge on any atom is 0.263 e. The van der Waals surface area contributed by atoms with Gasteiger partial charge in [-0.3, -0.25) is 9.69 Å². The Morgan fingerprint density at radius 2 is 1.78 bits per heavy atom. The molecule has 2 heterocycles. The van der Waals surface area contributed by atoms with Crippen LogP contribution in [0, 0.1) is 20.8 Å². The highest BCUT2D eigenvalue weighted by Crippen LogP contribution is 2.31. The van der Waals surface area contributed by atoms with Gasteiger partial charge >= 0.3 is 0 Å². The molecule has 1 aromatic heterocycles. The standard InChI is InChI=1S/C26H32N4OS/c1-18-10-11-22(19(2)16-18)26-27-20(3)24(32-26)25(31)28-23(21-8-6-5-7-9-21)17-30-14-12-29(4)13-15-30/h5-11,16,23H,12-15,17H2,1-4H3,(H,28,31). The molecule has 1 atom stereocenters. The van der Waals surface area contributed by atoms with Gasteiger partial charge in [0.05, 0.1) is 11.7 Å². The second-order valence-electron chi connectivity index (χ2n) is 8.79. The van der Waals surface area contributed by atoms with Gasteiger partial charge in [0, 0.05) is 38.3 Å². The number of benzene rings is 2. The predicted octanol–water partition coefficient (Wildman–Crippen LogP) is 4.45. The molecule has 6 heteroatoms. The molecule has 3 aromatic rings.